The number of hydrogen-bond donors (Lipinski definition) is 1. The van der Waals surface area contributed by atoms with Crippen LogP contribution in [0.2, 0.25) is 0 Å². The summed E-state index contributed by atoms with van der Waals surface area (Å²) in [5.74, 6) is 0.316. The van der Waals surface area contributed by atoms with Gasteiger partial charge in [-0.3, -0.25) is 4.90 Å². The second kappa shape index (κ2) is 7.63. The number of fused-ring (bicyclic) bond motifs is 1. The average Bonchev–Trinajstić information content (AvgIpc) is 3.46. The number of piperidine rings is 1. The van der Waals surface area contributed by atoms with Crippen LogP contribution in [0.5, 0.6) is 0 Å². The second-order valence-corrected chi connectivity index (χ2v) is 8.95. The van der Waals surface area contributed by atoms with E-state index < -0.39 is 5.60 Å². The molecule has 158 valence electrons. The Hall–Kier alpha value is -2.51. The number of rotatable bonds is 4. The van der Waals surface area contributed by atoms with E-state index in [9.17, 15) is 5.11 Å². The van der Waals surface area contributed by atoms with Gasteiger partial charge >= 0.3 is 0 Å². The van der Waals surface area contributed by atoms with E-state index in [1.807, 2.05) is 18.2 Å². The average molecular weight is 407 g/mol. The monoisotopic (exact) mass is 406 g/mol. The summed E-state index contributed by atoms with van der Waals surface area (Å²) < 4.78 is 1.79. The molecule has 2 aliphatic heterocycles. The predicted molar refractivity (Wildman–Crippen MR) is 117 cm³/mol. The van der Waals surface area contributed by atoms with Gasteiger partial charge < -0.3 is 10.0 Å². The van der Waals surface area contributed by atoms with Crippen molar-refractivity contribution in [2.24, 2.45) is 0 Å². The molecule has 30 heavy (non-hydrogen) atoms. The molecule has 7 nitrogen and oxygen atoms in total. The van der Waals surface area contributed by atoms with Gasteiger partial charge in [-0.15, -0.1) is 10.2 Å². The molecule has 0 saturated carbocycles. The van der Waals surface area contributed by atoms with Gasteiger partial charge in [-0.25, -0.2) is 0 Å². The van der Waals surface area contributed by atoms with Crippen molar-refractivity contribution in [3.8, 4) is 0 Å². The normalized spacial score (nSPS) is 25.5. The Bertz CT molecular complexity index is 1010. The first-order valence-electron chi connectivity index (χ1n) is 11.0. The van der Waals surface area contributed by atoms with Gasteiger partial charge in [-0.1, -0.05) is 44.2 Å². The Labute approximate surface area is 177 Å². The number of aromatic nitrogens is 4. The lowest BCUT2D eigenvalue weighted by Crippen LogP contribution is -2.60. The van der Waals surface area contributed by atoms with Gasteiger partial charge in [0.15, 0.2) is 0 Å². The lowest BCUT2D eigenvalue weighted by Gasteiger charge is -2.49. The quantitative estimate of drug-likeness (QED) is 0.719. The first-order chi connectivity index (χ1) is 14.6. The SMILES string of the molecule is CC(C)c1cc(N2CC[C@](O)(c3ccccc3)[C@H](N3CCCC3)C2)c2nncn2n1. The van der Waals surface area contributed by atoms with Gasteiger partial charge in [-0.2, -0.15) is 9.61 Å². The molecule has 1 N–H and O–H groups in total. The molecule has 0 unspecified atom stereocenters. The Balaban J connectivity index is 1.54. The molecule has 3 aromatic rings. The minimum Gasteiger partial charge on any atom is -0.383 e. The highest BCUT2D eigenvalue weighted by atomic mass is 16.3. The minimum absolute atomic E-state index is 0.0368. The largest absolute Gasteiger partial charge is 0.383 e. The van der Waals surface area contributed by atoms with Crippen LogP contribution in [0.15, 0.2) is 42.7 Å². The summed E-state index contributed by atoms with van der Waals surface area (Å²) in [6, 6.07) is 12.4. The van der Waals surface area contributed by atoms with E-state index in [2.05, 4.69) is 57.1 Å². The topological polar surface area (TPSA) is 69.8 Å². The molecule has 5 rings (SSSR count). The molecule has 0 radical (unpaired) electrons. The highest BCUT2D eigenvalue weighted by Crippen LogP contribution is 2.39. The van der Waals surface area contributed by atoms with E-state index in [4.69, 9.17) is 0 Å². The molecule has 0 spiro atoms. The van der Waals surface area contributed by atoms with Crippen molar-refractivity contribution in [2.45, 2.75) is 50.7 Å². The molecule has 2 atom stereocenters. The van der Waals surface area contributed by atoms with Gasteiger partial charge in [0, 0.05) is 13.1 Å². The van der Waals surface area contributed by atoms with Crippen LogP contribution in [0.4, 0.5) is 5.69 Å². The molecule has 2 fully saturated rings. The molecule has 2 aliphatic rings. The van der Waals surface area contributed by atoms with Gasteiger partial charge in [0.1, 0.15) is 11.9 Å². The van der Waals surface area contributed by atoms with E-state index in [0.717, 1.165) is 48.8 Å². The first-order valence-corrected chi connectivity index (χ1v) is 11.0. The summed E-state index contributed by atoms with van der Waals surface area (Å²) >= 11 is 0. The fraction of sp³-hybridized carbons (Fsp3) is 0.522. The standard InChI is InChI=1S/C23H30N6O/c1-17(2)19-14-20(22-25-24-16-29(22)26-19)28-13-10-23(30,18-8-4-3-5-9-18)21(15-28)27-11-6-7-12-27/h3-5,8-9,14,16-17,21,30H,6-7,10-13,15H2,1-2H3/t21-,23+/m1/s1. The molecule has 0 aliphatic carbocycles. The van der Waals surface area contributed by atoms with E-state index in [-0.39, 0.29) is 6.04 Å². The lowest BCUT2D eigenvalue weighted by atomic mass is 9.79. The Kier molecular flexibility index (Phi) is 4.95. The molecule has 0 amide bonds. The summed E-state index contributed by atoms with van der Waals surface area (Å²) in [5.41, 5.74) is 3.04. The van der Waals surface area contributed by atoms with Crippen LogP contribution in [-0.4, -0.2) is 62.0 Å². The van der Waals surface area contributed by atoms with E-state index in [1.54, 1.807) is 10.8 Å². The van der Waals surface area contributed by atoms with Gasteiger partial charge in [0.05, 0.1) is 17.4 Å². The van der Waals surface area contributed by atoms with Gasteiger partial charge in [0.25, 0.3) is 0 Å². The molecule has 0 bridgehead atoms. The maximum absolute atomic E-state index is 11.9. The Morgan fingerprint density at radius 3 is 2.60 bits per heavy atom. The molecule has 2 saturated heterocycles. The number of anilines is 1. The summed E-state index contributed by atoms with van der Waals surface area (Å²) in [7, 11) is 0. The number of likely N-dealkylation sites (tertiary alicyclic amines) is 1. The van der Waals surface area contributed by atoms with E-state index in [0.29, 0.717) is 12.3 Å². The zero-order chi connectivity index (χ0) is 20.7. The van der Waals surface area contributed by atoms with Crippen LogP contribution in [0.25, 0.3) is 5.65 Å². The maximum atomic E-state index is 11.9. The fourth-order valence-corrected chi connectivity index (χ4v) is 5.02. The zero-order valence-corrected chi connectivity index (χ0v) is 17.8. The van der Waals surface area contributed by atoms with Crippen LogP contribution in [0.3, 0.4) is 0 Å². The summed E-state index contributed by atoms with van der Waals surface area (Å²) in [4.78, 5) is 4.85. The zero-order valence-electron chi connectivity index (χ0n) is 17.8. The third kappa shape index (κ3) is 3.26. The van der Waals surface area contributed by atoms with E-state index in [1.165, 1.54) is 12.8 Å². The highest BCUT2D eigenvalue weighted by Gasteiger charge is 2.46. The predicted octanol–water partition coefficient (Wildman–Crippen LogP) is 2.81. The first kappa shape index (κ1) is 19.5. The molecular weight excluding hydrogens is 376 g/mol. The summed E-state index contributed by atoms with van der Waals surface area (Å²) in [5, 5.41) is 25.0. The van der Waals surface area contributed by atoms with Gasteiger partial charge in [-0.05, 0) is 49.9 Å². The molecular formula is C23H30N6O. The van der Waals surface area contributed by atoms with Crippen LogP contribution in [0, 0.1) is 0 Å². The van der Waals surface area contributed by atoms with Crippen molar-refractivity contribution in [2.75, 3.05) is 31.1 Å². The minimum atomic E-state index is -0.847. The van der Waals surface area contributed by atoms with Crippen LogP contribution in [0.1, 0.15) is 50.3 Å². The van der Waals surface area contributed by atoms with Crippen LogP contribution < -0.4 is 4.90 Å². The van der Waals surface area contributed by atoms with Crippen molar-refractivity contribution >= 4 is 11.3 Å². The molecule has 1 aromatic carbocycles. The van der Waals surface area contributed by atoms with Crippen molar-refractivity contribution in [3.63, 3.8) is 0 Å². The third-order valence-corrected chi connectivity index (χ3v) is 6.76. The van der Waals surface area contributed by atoms with Crippen molar-refractivity contribution in [1.29, 1.82) is 0 Å². The highest BCUT2D eigenvalue weighted by molar-refractivity contribution is 5.69. The van der Waals surface area contributed by atoms with E-state index >= 15 is 0 Å². The third-order valence-electron chi connectivity index (χ3n) is 6.76. The smallest absolute Gasteiger partial charge is 0.200 e. The number of nitrogens with zero attached hydrogens (tertiary/aromatic N) is 6. The molecule has 2 aromatic heterocycles. The van der Waals surface area contributed by atoms with Crippen molar-refractivity contribution in [1.82, 2.24) is 24.7 Å². The fourth-order valence-electron chi connectivity index (χ4n) is 5.02. The van der Waals surface area contributed by atoms with Gasteiger partial charge in [0.2, 0.25) is 5.65 Å². The summed E-state index contributed by atoms with van der Waals surface area (Å²) in [6.07, 6.45) is 4.75. The summed E-state index contributed by atoms with van der Waals surface area (Å²) in [6.45, 7) is 7.91. The van der Waals surface area contributed by atoms with Crippen molar-refractivity contribution < 1.29 is 5.11 Å². The maximum Gasteiger partial charge on any atom is 0.200 e. The van der Waals surface area contributed by atoms with Crippen molar-refractivity contribution in [3.05, 3.63) is 54.0 Å². The number of hydrogen-bond acceptors (Lipinski definition) is 6. The molecule has 7 heteroatoms. The Morgan fingerprint density at radius 2 is 1.87 bits per heavy atom. The molecule has 4 heterocycles. The van der Waals surface area contributed by atoms with Crippen LogP contribution >= 0.6 is 0 Å². The number of benzene rings is 1. The second-order valence-electron chi connectivity index (χ2n) is 8.95. The van der Waals surface area contributed by atoms with Crippen LogP contribution in [-0.2, 0) is 5.60 Å². The Morgan fingerprint density at radius 1 is 1.10 bits per heavy atom. The lowest BCUT2D eigenvalue weighted by molar-refractivity contribution is -0.0602. The number of aliphatic hydroxyl groups is 1.